The Hall–Kier alpha value is -2.86. The molecule has 2 aromatic carbocycles. The molecule has 1 N–H and O–H groups in total. The quantitative estimate of drug-likeness (QED) is 0.675. The van der Waals surface area contributed by atoms with Crippen LogP contribution in [-0.2, 0) is 4.79 Å². The van der Waals surface area contributed by atoms with Gasteiger partial charge >= 0.3 is 0 Å². The van der Waals surface area contributed by atoms with Crippen molar-refractivity contribution in [3.05, 3.63) is 59.3 Å². The van der Waals surface area contributed by atoms with Crippen molar-refractivity contribution in [3.63, 3.8) is 0 Å². The average Bonchev–Trinajstić information content (AvgIpc) is 2.88. The number of thiocarbonyl (C=S) groups is 1. The van der Waals surface area contributed by atoms with E-state index in [0.29, 0.717) is 22.3 Å². The molecule has 1 aliphatic heterocycles. The first-order valence-electron chi connectivity index (χ1n) is 7.69. The van der Waals surface area contributed by atoms with Gasteiger partial charge in [-0.05, 0) is 61.1 Å². The molecule has 0 bridgehead atoms. The van der Waals surface area contributed by atoms with Crippen LogP contribution in [0.3, 0.4) is 0 Å². The molecule has 1 saturated heterocycles. The van der Waals surface area contributed by atoms with E-state index in [1.165, 1.54) is 4.90 Å². The monoisotopic (exact) mass is 354 g/mol. The molecule has 6 heteroatoms. The van der Waals surface area contributed by atoms with Crippen LogP contribution < -0.4 is 19.7 Å². The second kappa shape index (κ2) is 6.94. The van der Waals surface area contributed by atoms with Gasteiger partial charge < -0.3 is 14.8 Å². The number of nitrogens with one attached hydrogen (secondary N) is 1. The van der Waals surface area contributed by atoms with Gasteiger partial charge in [0.15, 0.2) is 5.11 Å². The van der Waals surface area contributed by atoms with Crippen molar-refractivity contribution in [2.45, 2.75) is 6.92 Å². The summed E-state index contributed by atoms with van der Waals surface area (Å²) in [5.41, 5.74) is 2.91. The summed E-state index contributed by atoms with van der Waals surface area (Å²) < 4.78 is 10.6. The number of rotatable bonds is 4. The Bertz CT molecular complexity index is 877. The highest BCUT2D eigenvalue weighted by molar-refractivity contribution is 7.80. The van der Waals surface area contributed by atoms with Crippen LogP contribution in [0.5, 0.6) is 11.5 Å². The third kappa shape index (κ3) is 3.34. The summed E-state index contributed by atoms with van der Waals surface area (Å²) in [6.07, 6.45) is 1.71. The average molecular weight is 354 g/mol. The number of ether oxygens (including phenoxy) is 2. The molecule has 2 aromatic rings. The zero-order chi connectivity index (χ0) is 18.0. The number of nitrogens with zero attached hydrogens (tertiary/aromatic N) is 1. The van der Waals surface area contributed by atoms with Crippen LogP contribution in [0.4, 0.5) is 5.69 Å². The Kier molecular flexibility index (Phi) is 4.72. The first-order valence-corrected chi connectivity index (χ1v) is 8.10. The van der Waals surface area contributed by atoms with Gasteiger partial charge in [0.25, 0.3) is 5.91 Å². The Morgan fingerprint density at radius 2 is 1.92 bits per heavy atom. The van der Waals surface area contributed by atoms with E-state index in [4.69, 9.17) is 21.7 Å². The summed E-state index contributed by atoms with van der Waals surface area (Å²) in [6.45, 7) is 1.97. The van der Waals surface area contributed by atoms with E-state index in [2.05, 4.69) is 5.32 Å². The fraction of sp³-hybridized carbons (Fsp3) is 0.158. The minimum Gasteiger partial charge on any atom is -0.497 e. The van der Waals surface area contributed by atoms with Gasteiger partial charge in [-0.15, -0.1) is 0 Å². The van der Waals surface area contributed by atoms with E-state index in [1.807, 2.05) is 31.2 Å². The fourth-order valence-electron chi connectivity index (χ4n) is 2.64. The third-order valence-electron chi connectivity index (χ3n) is 3.87. The van der Waals surface area contributed by atoms with Crippen molar-refractivity contribution in [1.82, 2.24) is 5.32 Å². The molecule has 0 unspecified atom stereocenters. The van der Waals surface area contributed by atoms with Crippen LogP contribution in [0, 0.1) is 6.92 Å². The van der Waals surface area contributed by atoms with Crippen molar-refractivity contribution in [2.24, 2.45) is 0 Å². The van der Waals surface area contributed by atoms with Crippen molar-refractivity contribution in [3.8, 4) is 11.5 Å². The maximum Gasteiger partial charge on any atom is 0.281 e. The predicted molar refractivity (Wildman–Crippen MR) is 102 cm³/mol. The number of carbonyl (C=O) groups is 1. The molecule has 0 aliphatic carbocycles. The molecule has 128 valence electrons. The highest BCUT2D eigenvalue weighted by atomic mass is 32.1. The van der Waals surface area contributed by atoms with Crippen LogP contribution in [0.15, 0.2) is 48.2 Å². The van der Waals surface area contributed by atoms with Gasteiger partial charge in [0.2, 0.25) is 0 Å². The number of methoxy groups -OCH3 is 2. The summed E-state index contributed by atoms with van der Waals surface area (Å²) in [5, 5.41) is 3.33. The lowest BCUT2D eigenvalue weighted by atomic mass is 10.1. The molecule has 1 aliphatic rings. The minimum atomic E-state index is -0.208. The molecule has 25 heavy (non-hydrogen) atoms. The lowest BCUT2D eigenvalue weighted by molar-refractivity contribution is -0.113. The lowest BCUT2D eigenvalue weighted by Gasteiger charge is -2.14. The normalized spacial score (nSPS) is 15.5. The molecular formula is C19H18N2O3S. The minimum absolute atomic E-state index is 0.208. The Labute approximate surface area is 151 Å². The predicted octanol–water partition coefficient (Wildman–Crippen LogP) is 3.27. The van der Waals surface area contributed by atoms with Crippen molar-refractivity contribution in [2.75, 3.05) is 19.1 Å². The molecule has 0 spiro atoms. The molecule has 0 radical (unpaired) electrons. The Morgan fingerprint density at radius 3 is 2.60 bits per heavy atom. The number of hydrogen-bond donors (Lipinski definition) is 1. The summed E-state index contributed by atoms with van der Waals surface area (Å²) in [4.78, 5) is 14.3. The molecule has 3 rings (SSSR count). The van der Waals surface area contributed by atoms with Crippen LogP contribution in [-0.4, -0.2) is 25.2 Å². The van der Waals surface area contributed by atoms with Gasteiger partial charge in [0.05, 0.1) is 19.9 Å². The second-order valence-corrected chi connectivity index (χ2v) is 5.96. The third-order valence-corrected chi connectivity index (χ3v) is 4.16. The zero-order valence-electron chi connectivity index (χ0n) is 14.2. The van der Waals surface area contributed by atoms with Crippen molar-refractivity contribution < 1.29 is 14.3 Å². The lowest BCUT2D eigenvalue weighted by Crippen LogP contribution is -2.30. The molecule has 1 amide bonds. The molecular weight excluding hydrogens is 336 g/mol. The highest BCUT2D eigenvalue weighted by Gasteiger charge is 2.32. The van der Waals surface area contributed by atoms with Crippen LogP contribution >= 0.6 is 12.2 Å². The number of benzene rings is 2. The number of amides is 1. The summed E-state index contributed by atoms with van der Waals surface area (Å²) >= 11 is 5.34. The van der Waals surface area contributed by atoms with Crippen LogP contribution in [0.25, 0.3) is 6.08 Å². The van der Waals surface area contributed by atoms with E-state index in [0.717, 1.165) is 16.8 Å². The van der Waals surface area contributed by atoms with E-state index in [-0.39, 0.29) is 5.91 Å². The van der Waals surface area contributed by atoms with Gasteiger partial charge in [0, 0.05) is 5.56 Å². The van der Waals surface area contributed by atoms with Crippen LogP contribution in [0.2, 0.25) is 0 Å². The molecule has 5 nitrogen and oxygen atoms in total. The molecule has 0 aromatic heterocycles. The largest absolute Gasteiger partial charge is 0.497 e. The topological polar surface area (TPSA) is 50.8 Å². The second-order valence-electron chi connectivity index (χ2n) is 5.58. The first-order chi connectivity index (χ1) is 12.0. The smallest absolute Gasteiger partial charge is 0.281 e. The van der Waals surface area contributed by atoms with Crippen molar-refractivity contribution >= 4 is 35.0 Å². The number of hydrogen-bond acceptors (Lipinski definition) is 4. The molecule has 1 fully saturated rings. The van der Waals surface area contributed by atoms with Crippen molar-refractivity contribution in [1.29, 1.82) is 0 Å². The molecule has 0 atom stereocenters. The summed E-state index contributed by atoms with van der Waals surface area (Å²) in [5.74, 6) is 1.11. The molecule has 0 saturated carbocycles. The van der Waals surface area contributed by atoms with Crippen LogP contribution in [0.1, 0.15) is 11.1 Å². The van der Waals surface area contributed by atoms with Gasteiger partial charge in [0.1, 0.15) is 17.2 Å². The summed E-state index contributed by atoms with van der Waals surface area (Å²) in [7, 11) is 3.17. The van der Waals surface area contributed by atoms with Gasteiger partial charge in [-0.2, -0.15) is 0 Å². The van der Waals surface area contributed by atoms with Gasteiger partial charge in [-0.1, -0.05) is 12.1 Å². The number of aryl methyl sites for hydroxylation is 1. The van der Waals surface area contributed by atoms with E-state index < -0.39 is 0 Å². The number of carbonyl (C=O) groups excluding carboxylic acids is 1. The first kappa shape index (κ1) is 17.0. The maximum absolute atomic E-state index is 12.8. The summed E-state index contributed by atoms with van der Waals surface area (Å²) in [6, 6.07) is 13.0. The number of anilines is 1. The standard InChI is InChI=1S/C19H18N2O3S/c1-12-5-4-6-14(9-12)21-18(22)16(20-19(21)25)11-13-10-15(23-2)7-8-17(13)24-3/h4-11H,1-3H3,(H,20,25)/b16-11+. The van der Waals surface area contributed by atoms with Gasteiger partial charge in [-0.25, -0.2) is 0 Å². The van der Waals surface area contributed by atoms with E-state index >= 15 is 0 Å². The highest BCUT2D eigenvalue weighted by Crippen LogP contribution is 2.28. The van der Waals surface area contributed by atoms with Gasteiger partial charge in [-0.3, -0.25) is 9.69 Å². The molecule has 1 heterocycles. The van der Waals surface area contributed by atoms with E-state index in [9.17, 15) is 4.79 Å². The Balaban J connectivity index is 1.98. The maximum atomic E-state index is 12.8. The Morgan fingerprint density at radius 1 is 1.12 bits per heavy atom. The fourth-order valence-corrected chi connectivity index (χ4v) is 2.94. The SMILES string of the molecule is COc1ccc(OC)c(/C=C2/NC(=S)N(c3cccc(C)c3)C2=O)c1. The zero-order valence-corrected chi connectivity index (χ0v) is 15.0. The van der Waals surface area contributed by atoms with E-state index in [1.54, 1.807) is 38.5 Å².